The van der Waals surface area contributed by atoms with Crippen molar-refractivity contribution >= 4 is 16.5 Å². The summed E-state index contributed by atoms with van der Waals surface area (Å²) in [5, 5.41) is 11.8. The van der Waals surface area contributed by atoms with Crippen LogP contribution in [0.25, 0.3) is 0 Å². The molecule has 7 heteroatoms. The molecule has 1 aromatic rings. The lowest BCUT2D eigenvalue weighted by Gasteiger charge is -2.13. The summed E-state index contributed by atoms with van der Waals surface area (Å²) in [4.78, 5) is 0. The van der Waals surface area contributed by atoms with Crippen LogP contribution in [0, 0.1) is 11.3 Å². The lowest BCUT2D eigenvalue weighted by atomic mass is 10.1. The van der Waals surface area contributed by atoms with Gasteiger partial charge in [-0.15, -0.1) is 0 Å². The van der Waals surface area contributed by atoms with Crippen molar-refractivity contribution in [2.24, 2.45) is 0 Å². The van der Waals surface area contributed by atoms with E-state index in [9.17, 15) is 17.4 Å². The normalized spacial score (nSPS) is 14.4. The molecule has 0 fully saturated rings. The monoisotopic (exact) mass is 304 g/mol. The fraction of sp³-hybridized carbons (Fsp3) is 0.462. The molecule has 0 bridgehead atoms. The van der Waals surface area contributed by atoms with Gasteiger partial charge < -0.3 is 5.32 Å². The Morgan fingerprint density at radius 1 is 1.45 bits per heavy atom. The van der Waals surface area contributed by atoms with Crippen LogP contribution < -0.4 is 5.32 Å². The third-order valence-electron chi connectivity index (χ3n) is 2.90. The number of hydrogen-bond donors (Lipinski definition) is 1. The summed E-state index contributed by atoms with van der Waals surface area (Å²) in [6, 6.07) is 4.75. The maximum absolute atomic E-state index is 12.5. The van der Waals surface area contributed by atoms with Gasteiger partial charge in [-0.3, -0.25) is 4.21 Å². The Morgan fingerprint density at radius 2 is 2.10 bits per heavy atom. The SMILES string of the molecule is CC(CCNc1ccc(C(F)(F)F)cc1C#N)S(C)=O. The molecular weight excluding hydrogens is 289 g/mol. The van der Waals surface area contributed by atoms with Crippen molar-refractivity contribution < 1.29 is 17.4 Å². The Hall–Kier alpha value is -1.55. The van der Waals surface area contributed by atoms with Gasteiger partial charge in [0.1, 0.15) is 6.07 Å². The molecule has 3 nitrogen and oxygen atoms in total. The average molecular weight is 304 g/mol. The molecule has 0 aliphatic heterocycles. The van der Waals surface area contributed by atoms with Crippen LogP contribution in [0.2, 0.25) is 0 Å². The lowest BCUT2D eigenvalue weighted by Crippen LogP contribution is -2.15. The van der Waals surface area contributed by atoms with Crippen molar-refractivity contribution in [1.82, 2.24) is 0 Å². The van der Waals surface area contributed by atoms with E-state index in [1.54, 1.807) is 12.3 Å². The smallest absolute Gasteiger partial charge is 0.384 e. The van der Waals surface area contributed by atoms with Crippen LogP contribution in [-0.2, 0) is 17.0 Å². The predicted octanol–water partition coefficient (Wildman–Crippen LogP) is 3.15. The molecule has 0 spiro atoms. The average Bonchev–Trinajstić information content (AvgIpc) is 2.37. The van der Waals surface area contributed by atoms with Gasteiger partial charge in [0.2, 0.25) is 0 Å². The van der Waals surface area contributed by atoms with E-state index >= 15 is 0 Å². The highest BCUT2D eigenvalue weighted by molar-refractivity contribution is 7.84. The minimum Gasteiger partial charge on any atom is -0.384 e. The molecule has 2 unspecified atom stereocenters. The number of halogens is 3. The summed E-state index contributed by atoms with van der Waals surface area (Å²) in [6.45, 7) is 2.27. The minimum absolute atomic E-state index is 0.0116. The molecule has 0 aromatic heterocycles. The van der Waals surface area contributed by atoms with Gasteiger partial charge in [-0.1, -0.05) is 6.92 Å². The second-order valence-electron chi connectivity index (χ2n) is 4.39. The quantitative estimate of drug-likeness (QED) is 0.909. The highest BCUT2D eigenvalue weighted by atomic mass is 32.2. The van der Waals surface area contributed by atoms with Gasteiger partial charge in [-0.25, -0.2) is 0 Å². The molecule has 0 heterocycles. The van der Waals surface area contributed by atoms with Gasteiger partial charge in [0.05, 0.1) is 16.8 Å². The molecule has 0 saturated carbocycles. The van der Waals surface area contributed by atoms with Crippen molar-refractivity contribution in [1.29, 1.82) is 5.26 Å². The number of rotatable bonds is 5. The van der Waals surface area contributed by atoms with Gasteiger partial charge in [0.15, 0.2) is 0 Å². The van der Waals surface area contributed by atoms with Crippen LogP contribution in [-0.4, -0.2) is 22.3 Å². The van der Waals surface area contributed by atoms with Crippen LogP contribution in [0.1, 0.15) is 24.5 Å². The first-order chi connectivity index (χ1) is 9.25. The number of benzene rings is 1. The van der Waals surface area contributed by atoms with Crippen molar-refractivity contribution in [2.75, 3.05) is 18.1 Å². The summed E-state index contributed by atoms with van der Waals surface area (Å²) in [5.41, 5.74) is -0.540. The van der Waals surface area contributed by atoms with E-state index in [1.165, 1.54) is 6.07 Å². The number of alkyl halides is 3. The third-order valence-corrected chi connectivity index (χ3v) is 4.27. The fourth-order valence-corrected chi connectivity index (χ4v) is 1.99. The van der Waals surface area contributed by atoms with Gasteiger partial charge >= 0.3 is 6.18 Å². The van der Waals surface area contributed by atoms with E-state index in [0.29, 0.717) is 18.7 Å². The molecule has 1 N–H and O–H groups in total. The second kappa shape index (κ2) is 6.75. The van der Waals surface area contributed by atoms with Gasteiger partial charge in [0.25, 0.3) is 0 Å². The van der Waals surface area contributed by atoms with Crippen LogP contribution in [0.5, 0.6) is 0 Å². The third kappa shape index (κ3) is 4.53. The Kier molecular flexibility index (Phi) is 5.57. The standard InChI is InChI=1S/C13H15F3N2OS/c1-9(20(2)19)5-6-18-12-4-3-11(13(14,15)16)7-10(12)8-17/h3-4,7,9,18H,5-6H2,1-2H3. The molecule has 1 aromatic carbocycles. The second-order valence-corrected chi connectivity index (χ2v) is 6.20. The molecule has 1 rings (SSSR count). The summed E-state index contributed by atoms with van der Waals surface area (Å²) in [6.07, 6.45) is -2.25. The van der Waals surface area contributed by atoms with Crippen LogP contribution in [0.4, 0.5) is 18.9 Å². The van der Waals surface area contributed by atoms with E-state index in [1.807, 2.05) is 6.92 Å². The Morgan fingerprint density at radius 3 is 2.60 bits per heavy atom. The van der Waals surface area contributed by atoms with Crippen molar-refractivity contribution in [3.8, 4) is 6.07 Å². The lowest BCUT2D eigenvalue weighted by molar-refractivity contribution is -0.137. The molecular formula is C13H15F3N2OS. The Balaban J connectivity index is 2.77. The highest BCUT2D eigenvalue weighted by Gasteiger charge is 2.31. The van der Waals surface area contributed by atoms with Crippen molar-refractivity contribution in [3.63, 3.8) is 0 Å². The van der Waals surface area contributed by atoms with Crippen molar-refractivity contribution in [3.05, 3.63) is 29.3 Å². The zero-order valence-electron chi connectivity index (χ0n) is 11.1. The molecule has 20 heavy (non-hydrogen) atoms. The van der Waals surface area contributed by atoms with E-state index in [4.69, 9.17) is 5.26 Å². The first kappa shape index (κ1) is 16.5. The molecule has 0 aliphatic rings. The molecule has 0 saturated heterocycles. The van der Waals surface area contributed by atoms with E-state index in [0.717, 1.165) is 12.1 Å². The topological polar surface area (TPSA) is 52.9 Å². The summed E-state index contributed by atoms with van der Waals surface area (Å²) < 4.78 is 48.7. The number of nitrogens with zero attached hydrogens (tertiary/aromatic N) is 1. The first-order valence-corrected chi connectivity index (χ1v) is 7.55. The van der Waals surface area contributed by atoms with E-state index < -0.39 is 22.5 Å². The number of nitrogens with one attached hydrogen (secondary N) is 1. The Bertz CT molecular complexity index is 537. The van der Waals surface area contributed by atoms with E-state index in [2.05, 4.69) is 5.32 Å². The van der Waals surface area contributed by atoms with Crippen LogP contribution in [0.3, 0.4) is 0 Å². The van der Waals surface area contributed by atoms with Crippen LogP contribution >= 0.6 is 0 Å². The van der Waals surface area contributed by atoms with Gasteiger partial charge in [0, 0.05) is 28.9 Å². The first-order valence-electron chi connectivity index (χ1n) is 5.93. The van der Waals surface area contributed by atoms with Gasteiger partial charge in [-0.2, -0.15) is 18.4 Å². The zero-order valence-corrected chi connectivity index (χ0v) is 11.9. The maximum Gasteiger partial charge on any atom is 0.416 e. The predicted molar refractivity (Wildman–Crippen MR) is 72.8 cm³/mol. The molecule has 2 atom stereocenters. The summed E-state index contributed by atoms with van der Waals surface area (Å²) >= 11 is 0. The number of hydrogen-bond acceptors (Lipinski definition) is 3. The number of anilines is 1. The van der Waals surface area contributed by atoms with Crippen molar-refractivity contribution in [2.45, 2.75) is 24.8 Å². The zero-order chi connectivity index (χ0) is 15.3. The molecule has 110 valence electrons. The fourth-order valence-electron chi connectivity index (χ4n) is 1.54. The minimum atomic E-state index is -4.46. The molecule has 0 radical (unpaired) electrons. The number of nitriles is 1. The molecule has 0 aliphatic carbocycles. The van der Waals surface area contributed by atoms with E-state index in [-0.39, 0.29) is 10.8 Å². The van der Waals surface area contributed by atoms with Gasteiger partial charge in [-0.05, 0) is 24.6 Å². The maximum atomic E-state index is 12.5. The molecule has 0 amide bonds. The Labute approximate surface area is 118 Å². The highest BCUT2D eigenvalue weighted by Crippen LogP contribution is 2.31. The van der Waals surface area contributed by atoms with Crippen LogP contribution in [0.15, 0.2) is 18.2 Å². The summed E-state index contributed by atoms with van der Waals surface area (Å²) in [7, 11) is -0.945. The summed E-state index contributed by atoms with van der Waals surface area (Å²) in [5.74, 6) is 0. The largest absolute Gasteiger partial charge is 0.416 e.